The topological polar surface area (TPSA) is 95.9 Å². The van der Waals surface area contributed by atoms with Crippen LogP contribution in [0.5, 0.6) is 5.75 Å². The summed E-state index contributed by atoms with van der Waals surface area (Å²) in [5.74, 6) is -0.669. The van der Waals surface area contributed by atoms with E-state index in [0.717, 1.165) is 16.0 Å². The van der Waals surface area contributed by atoms with Gasteiger partial charge in [-0.15, -0.1) is 11.3 Å². The molecule has 0 aliphatic carbocycles. The van der Waals surface area contributed by atoms with Crippen LogP contribution in [0, 0.1) is 0 Å². The number of rotatable bonds is 6. The maximum Gasteiger partial charge on any atom is 0.262 e. The number of nitrogens with one attached hydrogen (secondary N) is 1. The van der Waals surface area contributed by atoms with Crippen molar-refractivity contribution in [1.29, 1.82) is 0 Å². The van der Waals surface area contributed by atoms with Gasteiger partial charge in [-0.2, -0.15) is 4.31 Å². The molecule has 4 rings (SSSR count). The van der Waals surface area contributed by atoms with Crippen LogP contribution in [0.15, 0.2) is 70.9 Å². The molecule has 7 nitrogen and oxygen atoms in total. The Balaban J connectivity index is 1.80. The van der Waals surface area contributed by atoms with Gasteiger partial charge in [0.15, 0.2) is 0 Å². The molecule has 0 fully saturated rings. The summed E-state index contributed by atoms with van der Waals surface area (Å²) >= 11 is 1.46. The Labute approximate surface area is 184 Å². The highest BCUT2D eigenvalue weighted by Gasteiger charge is 2.46. The summed E-state index contributed by atoms with van der Waals surface area (Å²) in [6.45, 7) is 0.0603. The second kappa shape index (κ2) is 8.80. The van der Waals surface area contributed by atoms with Crippen LogP contribution in [-0.2, 0) is 27.8 Å². The zero-order valence-electron chi connectivity index (χ0n) is 16.8. The van der Waals surface area contributed by atoms with Crippen LogP contribution in [0.25, 0.3) is 0 Å². The summed E-state index contributed by atoms with van der Waals surface area (Å²) in [7, 11) is -2.52. The zero-order chi connectivity index (χ0) is 22.0. The summed E-state index contributed by atoms with van der Waals surface area (Å²) in [5.41, 5.74) is 3.59. The third-order valence-corrected chi connectivity index (χ3v) is 8.28. The number of carbonyl (C=O) groups excluding carboxylic acids is 1. The van der Waals surface area contributed by atoms with Crippen molar-refractivity contribution in [2.45, 2.75) is 29.8 Å². The lowest BCUT2D eigenvalue weighted by molar-refractivity contribution is -0.134. The van der Waals surface area contributed by atoms with Crippen molar-refractivity contribution in [1.82, 2.24) is 9.79 Å². The molecule has 1 aliphatic rings. The van der Waals surface area contributed by atoms with Gasteiger partial charge in [-0.05, 0) is 53.3 Å². The van der Waals surface area contributed by atoms with E-state index in [1.807, 2.05) is 41.8 Å². The first-order valence-electron chi connectivity index (χ1n) is 9.65. The van der Waals surface area contributed by atoms with E-state index in [2.05, 4.69) is 0 Å². The number of sulfonamides is 1. The van der Waals surface area contributed by atoms with Gasteiger partial charge in [0.2, 0.25) is 10.0 Å². The molecule has 0 spiro atoms. The maximum absolute atomic E-state index is 13.6. The number of hydrogen-bond acceptors (Lipinski definition) is 6. The molecule has 162 valence electrons. The minimum atomic E-state index is -4.02. The Kier molecular flexibility index (Phi) is 6.10. The van der Waals surface area contributed by atoms with Crippen LogP contribution in [0.1, 0.15) is 21.9 Å². The highest BCUT2D eigenvalue weighted by Crippen LogP contribution is 2.41. The van der Waals surface area contributed by atoms with Gasteiger partial charge in [0, 0.05) is 17.3 Å². The first kappa shape index (κ1) is 21.5. The molecule has 2 heterocycles. The molecule has 0 saturated carbocycles. The molecule has 1 aromatic heterocycles. The molecule has 1 amide bonds. The van der Waals surface area contributed by atoms with E-state index < -0.39 is 27.9 Å². The third kappa shape index (κ3) is 4.09. The highest BCUT2D eigenvalue weighted by atomic mass is 32.2. The number of ether oxygens (including phenoxy) is 1. The Morgan fingerprint density at radius 1 is 1.16 bits per heavy atom. The van der Waals surface area contributed by atoms with Crippen molar-refractivity contribution >= 4 is 27.3 Å². The quantitative estimate of drug-likeness (QED) is 0.437. The number of thiophene rings is 1. The van der Waals surface area contributed by atoms with Crippen LogP contribution in [0.3, 0.4) is 0 Å². The van der Waals surface area contributed by atoms with Gasteiger partial charge in [-0.1, -0.05) is 30.3 Å². The van der Waals surface area contributed by atoms with Gasteiger partial charge in [0.05, 0.1) is 12.0 Å². The summed E-state index contributed by atoms with van der Waals surface area (Å²) < 4.78 is 33.5. The summed E-state index contributed by atoms with van der Waals surface area (Å²) in [5, 5.41) is 11.4. The average molecular weight is 459 g/mol. The number of fused-ring (bicyclic) bond motifs is 1. The molecule has 2 aromatic carbocycles. The van der Waals surface area contributed by atoms with Crippen molar-refractivity contribution in [3.63, 3.8) is 0 Å². The van der Waals surface area contributed by atoms with E-state index in [-0.39, 0.29) is 11.4 Å². The fourth-order valence-corrected chi connectivity index (χ4v) is 6.63. The molecule has 0 bridgehead atoms. The van der Waals surface area contributed by atoms with Gasteiger partial charge in [0.1, 0.15) is 11.8 Å². The lowest BCUT2D eigenvalue weighted by Crippen LogP contribution is -2.54. The van der Waals surface area contributed by atoms with Crippen molar-refractivity contribution in [3.05, 3.63) is 82.0 Å². The maximum atomic E-state index is 13.6. The lowest BCUT2D eigenvalue weighted by atomic mass is 9.83. The van der Waals surface area contributed by atoms with Crippen LogP contribution >= 0.6 is 11.3 Å². The van der Waals surface area contributed by atoms with Gasteiger partial charge in [-0.3, -0.25) is 10.0 Å². The van der Waals surface area contributed by atoms with Crippen LogP contribution in [0.2, 0.25) is 0 Å². The monoisotopic (exact) mass is 458 g/mol. The second-order valence-corrected chi connectivity index (χ2v) is 10.1. The fourth-order valence-electron chi connectivity index (χ4n) is 4.01. The smallest absolute Gasteiger partial charge is 0.262 e. The van der Waals surface area contributed by atoms with Gasteiger partial charge in [-0.25, -0.2) is 13.9 Å². The standard InChI is InChI=1S/C22H22N2O5S2/c1-29-16-7-9-17(10-8-16)31(27,28)24-14-20-18(11-12-30-20)19(21(24)22(25)23-26)13-15-5-3-2-4-6-15/h2-12,19,21,26H,13-14H2,1H3,(H,23,25). The highest BCUT2D eigenvalue weighted by molar-refractivity contribution is 7.89. The number of methoxy groups -OCH3 is 1. The molecular weight excluding hydrogens is 436 g/mol. The molecule has 2 unspecified atom stereocenters. The Morgan fingerprint density at radius 3 is 2.52 bits per heavy atom. The molecule has 9 heteroatoms. The fraction of sp³-hybridized carbons (Fsp3) is 0.227. The van der Waals surface area contributed by atoms with Gasteiger partial charge in [0.25, 0.3) is 5.91 Å². The van der Waals surface area contributed by atoms with Crippen LogP contribution in [-0.4, -0.2) is 37.0 Å². The summed E-state index contributed by atoms with van der Waals surface area (Å²) in [4.78, 5) is 13.8. The molecule has 2 N–H and O–H groups in total. The van der Waals surface area contributed by atoms with Crippen molar-refractivity contribution in [3.8, 4) is 5.75 Å². The SMILES string of the molecule is COc1ccc(S(=O)(=O)N2Cc3sccc3C(Cc3ccccc3)C2C(=O)NO)cc1. The van der Waals surface area contributed by atoms with E-state index in [0.29, 0.717) is 12.2 Å². The van der Waals surface area contributed by atoms with Crippen molar-refractivity contribution < 1.29 is 23.2 Å². The molecule has 3 aromatic rings. The zero-order valence-corrected chi connectivity index (χ0v) is 18.4. The second-order valence-electron chi connectivity index (χ2n) is 7.24. The molecule has 0 saturated heterocycles. The lowest BCUT2D eigenvalue weighted by Gasteiger charge is -2.39. The largest absolute Gasteiger partial charge is 0.497 e. The molecule has 1 aliphatic heterocycles. The average Bonchev–Trinajstić information content (AvgIpc) is 3.28. The van der Waals surface area contributed by atoms with Crippen LogP contribution < -0.4 is 10.2 Å². The molecule has 2 atom stereocenters. The number of amides is 1. The minimum Gasteiger partial charge on any atom is -0.497 e. The molecular formula is C22H22N2O5S2. The van der Waals surface area contributed by atoms with E-state index in [1.54, 1.807) is 17.6 Å². The first-order valence-corrected chi connectivity index (χ1v) is 12.0. The van der Waals surface area contributed by atoms with Crippen molar-refractivity contribution in [2.24, 2.45) is 0 Å². The van der Waals surface area contributed by atoms with Crippen molar-refractivity contribution in [2.75, 3.05) is 7.11 Å². The van der Waals surface area contributed by atoms with E-state index in [4.69, 9.17) is 4.74 Å². The van der Waals surface area contributed by atoms with E-state index >= 15 is 0 Å². The van der Waals surface area contributed by atoms with Crippen LogP contribution in [0.4, 0.5) is 0 Å². The van der Waals surface area contributed by atoms with E-state index in [9.17, 15) is 18.4 Å². The summed E-state index contributed by atoms with van der Waals surface area (Å²) in [6, 6.07) is 16.5. The number of nitrogens with zero attached hydrogens (tertiary/aromatic N) is 1. The number of benzene rings is 2. The number of carbonyl (C=O) groups is 1. The predicted molar refractivity (Wildman–Crippen MR) is 117 cm³/mol. The van der Waals surface area contributed by atoms with Gasteiger partial charge < -0.3 is 4.74 Å². The molecule has 31 heavy (non-hydrogen) atoms. The number of hydroxylamine groups is 1. The first-order chi connectivity index (χ1) is 15.0. The van der Waals surface area contributed by atoms with E-state index in [1.165, 1.54) is 34.9 Å². The Morgan fingerprint density at radius 2 is 1.87 bits per heavy atom. The third-order valence-electron chi connectivity index (χ3n) is 5.51. The Bertz CT molecular complexity index is 1160. The normalized spacial score (nSPS) is 18.9. The summed E-state index contributed by atoms with van der Waals surface area (Å²) in [6.07, 6.45) is 0.456. The number of hydrogen-bond donors (Lipinski definition) is 2. The molecule has 0 radical (unpaired) electrons. The predicted octanol–water partition coefficient (Wildman–Crippen LogP) is 3.16. The van der Waals surface area contributed by atoms with Gasteiger partial charge >= 0.3 is 0 Å². The Hall–Kier alpha value is -2.72. The minimum absolute atomic E-state index is 0.0579.